The Hall–Kier alpha value is -3.78. The van der Waals surface area contributed by atoms with E-state index in [1.54, 1.807) is 29.2 Å². The number of carbonyl (C=O) groups is 2. The van der Waals surface area contributed by atoms with Crippen LogP contribution in [0, 0.1) is 11.6 Å². The fraction of sp³-hybridized carbons (Fsp3) is 0.231. The molecule has 0 aromatic heterocycles. The van der Waals surface area contributed by atoms with E-state index in [9.17, 15) is 23.5 Å². The predicted molar refractivity (Wildman–Crippen MR) is 123 cm³/mol. The second-order valence-corrected chi connectivity index (χ2v) is 8.57. The summed E-state index contributed by atoms with van der Waals surface area (Å²) in [6.45, 7) is -0.0341. The number of piperazine rings is 1. The van der Waals surface area contributed by atoms with E-state index in [1.807, 2.05) is 24.3 Å². The van der Waals surface area contributed by atoms with Crippen LogP contribution in [0.2, 0.25) is 0 Å². The van der Waals surface area contributed by atoms with Crippen molar-refractivity contribution >= 4 is 17.6 Å². The molecule has 2 heterocycles. The molecule has 3 amide bonds. The highest BCUT2D eigenvalue weighted by Gasteiger charge is 2.54. The molecular formula is C26H23F2N3O3. The van der Waals surface area contributed by atoms with Gasteiger partial charge in [0.05, 0.1) is 18.7 Å². The molecule has 3 aromatic carbocycles. The van der Waals surface area contributed by atoms with Crippen molar-refractivity contribution in [3.05, 3.63) is 90.0 Å². The van der Waals surface area contributed by atoms with E-state index in [0.29, 0.717) is 11.3 Å². The summed E-state index contributed by atoms with van der Waals surface area (Å²) in [7, 11) is 0. The Bertz CT molecular complexity index is 1230. The number of aliphatic hydroxyl groups is 1. The van der Waals surface area contributed by atoms with Crippen LogP contribution < -0.4 is 5.32 Å². The third kappa shape index (κ3) is 3.90. The van der Waals surface area contributed by atoms with E-state index in [-0.39, 0.29) is 49.4 Å². The van der Waals surface area contributed by atoms with Gasteiger partial charge in [0.15, 0.2) is 0 Å². The van der Waals surface area contributed by atoms with Crippen molar-refractivity contribution in [2.24, 2.45) is 0 Å². The van der Waals surface area contributed by atoms with E-state index in [2.05, 4.69) is 5.32 Å². The molecule has 5 rings (SSSR count). The van der Waals surface area contributed by atoms with Gasteiger partial charge in [0.25, 0.3) is 0 Å². The summed E-state index contributed by atoms with van der Waals surface area (Å²) in [6.07, 6.45) is 0. The fourth-order valence-corrected chi connectivity index (χ4v) is 5.00. The number of carbonyl (C=O) groups excluding carboxylic acids is 2. The predicted octanol–water partition coefficient (Wildman–Crippen LogP) is 3.83. The first-order chi connectivity index (χ1) is 16.5. The lowest BCUT2D eigenvalue weighted by Gasteiger charge is -2.58. The summed E-state index contributed by atoms with van der Waals surface area (Å²) in [4.78, 5) is 28.6. The quantitative estimate of drug-likeness (QED) is 0.618. The summed E-state index contributed by atoms with van der Waals surface area (Å²) in [6, 6.07) is 18.3. The number of nitrogens with zero attached hydrogens (tertiary/aromatic N) is 2. The molecule has 0 aliphatic carbocycles. The highest BCUT2D eigenvalue weighted by molar-refractivity contribution is 5.93. The van der Waals surface area contributed by atoms with Crippen molar-refractivity contribution in [2.45, 2.75) is 18.0 Å². The van der Waals surface area contributed by atoms with Gasteiger partial charge < -0.3 is 20.2 Å². The number of nitrogens with one attached hydrogen (secondary N) is 1. The highest BCUT2D eigenvalue weighted by Crippen LogP contribution is 2.43. The number of urea groups is 1. The number of anilines is 1. The Kier molecular flexibility index (Phi) is 5.75. The lowest BCUT2D eigenvalue weighted by Crippen LogP contribution is -2.73. The van der Waals surface area contributed by atoms with Crippen molar-refractivity contribution in [1.82, 2.24) is 9.80 Å². The monoisotopic (exact) mass is 463 g/mol. The summed E-state index contributed by atoms with van der Waals surface area (Å²) >= 11 is 0. The maximum Gasteiger partial charge on any atom is 0.322 e. The third-order valence-electron chi connectivity index (χ3n) is 6.60. The molecule has 34 heavy (non-hydrogen) atoms. The van der Waals surface area contributed by atoms with Crippen molar-refractivity contribution in [3.8, 4) is 11.1 Å². The average molecular weight is 463 g/mol. The van der Waals surface area contributed by atoms with Crippen molar-refractivity contribution in [3.63, 3.8) is 0 Å². The molecule has 0 saturated carbocycles. The molecule has 3 aromatic rings. The van der Waals surface area contributed by atoms with Gasteiger partial charge in [0, 0.05) is 23.7 Å². The Labute approximate surface area is 195 Å². The molecule has 0 spiro atoms. The van der Waals surface area contributed by atoms with Gasteiger partial charge in [-0.1, -0.05) is 48.5 Å². The van der Waals surface area contributed by atoms with Gasteiger partial charge in [-0.3, -0.25) is 4.79 Å². The largest absolute Gasteiger partial charge is 0.394 e. The number of amides is 3. The van der Waals surface area contributed by atoms with Gasteiger partial charge in [-0.15, -0.1) is 0 Å². The number of hydrogen-bond donors (Lipinski definition) is 2. The molecule has 2 saturated heterocycles. The summed E-state index contributed by atoms with van der Waals surface area (Å²) in [5.74, 6) is -1.20. The van der Waals surface area contributed by atoms with Gasteiger partial charge in [0.2, 0.25) is 5.91 Å². The van der Waals surface area contributed by atoms with Crippen LogP contribution in [0.5, 0.6) is 0 Å². The lowest BCUT2D eigenvalue weighted by molar-refractivity contribution is -0.159. The molecule has 2 N–H and O–H groups in total. The summed E-state index contributed by atoms with van der Waals surface area (Å²) in [5, 5.41) is 12.6. The van der Waals surface area contributed by atoms with Crippen LogP contribution in [0.25, 0.3) is 11.1 Å². The van der Waals surface area contributed by atoms with Gasteiger partial charge in [-0.25, -0.2) is 13.6 Å². The second-order valence-electron chi connectivity index (χ2n) is 8.57. The van der Waals surface area contributed by atoms with Crippen molar-refractivity contribution in [2.75, 3.05) is 25.0 Å². The van der Waals surface area contributed by atoms with Gasteiger partial charge in [0.1, 0.15) is 18.2 Å². The van der Waals surface area contributed by atoms with Crippen molar-refractivity contribution in [1.29, 1.82) is 0 Å². The number of rotatable bonds is 4. The zero-order valence-corrected chi connectivity index (χ0v) is 18.2. The molecule has 8 heteroatoms. The first kappa shape index (κ1) is 22.0. The number of hydrogen-bond acceptors (Lipinski definition) is 3. The minimum Gasteiger partial charge on any atom is -0.394 e. The maximum absolute atomic E-state index is 14.1. The molecule has 2 fully saturated rings. The van der Waals surface area contributed by atoms with Crippen LogP contribution in [0.4, 0.5) is 19.3 Å². The molecule has 2 aliphatic rings. The van der Waals surface area contributed by atoms with E-state index >= 15 is 0 Å². The van der Waals surface area contributed by atoms with Gasteiger partial charge in [-0.2, -0.15) is 0 Å². The van der Waals surface area contributed by atoms with E-state index in [4.69, 9.17) is 0 Å². The number of fused-ring (bicyclic) bond motifs is 1. The molecular weight excluding hydrogens is 440 g/mol. The van der Waals surface area contributed by atoms with Crippen LogP contribution >= 0.6 is 0 Å². The highest BCUT2D eigenvalue weighted by atomic mass is 19.1. The third-order valence-corrected chi connectivity index (χ3v) is 6.60. The average Bonchev–Trinajstić information content (AvgIpc) is 2.81. The fourth-order valence-electron chi connectivity index (χ4n) is 5.00. The van der Waals surface area contributed by atoms with Crippen molar-refractivity contribution < 1.29 is 23.5 Å². The molecule has 3 atom stereocenters. The van der Waals surface area contributed by atoms with Gasteiger partial charge in [-0.05, 0) is 35.4 Å². The minimum atomic E-state index is -0.486. The number of halogens is 2. The van der Waals surface area contributed by atoms with Crippen LogP contribution in [0.3, 0.4) is 0 Å². The normalized spacial score (nSPS) is 21.6. The Morgan fingerprint density at radius 1 is 1.03 bits per heavy atom. The maximum atomic E-state index is 14.1. The summed E-state index contributed by atoms with van der Waals surface area (Å²) < 4.78 is 27.6. The molecule has 0 bridgehead atoms. The van der Waals surface area contributed by atoms with Crippen LogP contribution in [-0.2, 0) is 4.79 Å². The second kappa shape index (κ2) is 8.87. The number of aliphatic hydroxyl groups excluding tert-OH is 1. The van der Waals surface area contributed by atoms with Crippen LogP contribution in [0.15, 0.2) is 72.8 Å². The van der Waals surface area contributed by atoms with E-state index in [0.717, 1.165) is 11.1 Å². The molecule has 6 nitrogen and oxygen atoms in total. The van der Waals surface area contributed by atoms with Crippen LogP contribution in [0.1, 0.15) is 11.5 Å². The zero-order valence-electron chi connectivity index (χ0n) is 18.2. The SMILES string of the molecule is O=C(Nc1cccc(F)c1)N1CC(=O)N2[C@H](C1)[C@H](c1ccc(-c3ccccc3F)cc1)[C@@H]2CO. The van der Waals surface area contributed by atoms with E-state index < -0.39 is 11.8 Å². The zero-order chi connectivity index (χ0) is 23.8. The Morgan fingerprint density at radius 2 is 1.79 bits per heavy atom. The first-order valence-corrected chi connectivity index (χ1v) is 11.0. The van der Waals surface area contributed by atoms with Crippen LogP contribution in [-0.4, -0.2) is 58.6 Å². The Morgan fingerprint density at radius 3 is 2.50 bits per heavy atom. The van der Waals surface area contributed by atoms with E-state index in [1.165, 1.54) is 29.2 Å². The minimum absolute atomic E-state index is 0.118. The first-order valence-electron chi connectivity index (χ1n) is 11.0. The smallest absolute Gasteiger partial charge is 0.322 e. The van der Waals surface area contributed by atoms with Gasteiger partial charge >= 0.3 is 6.03 Å². The standard InChI is InChI=1S/C26H23F2N3O3/c27-18-4-3-5-19(12-18)29-26(34)30-13-22-25(23(15-32)31(22)24(33)14-30)17-10-8-16(9-11-17)20-6-1-2-7-21(20)28/h1-12,22-23,25,32H,13-15H2,(H,29,34)/t22-,23+,25+/m1/s1. The Balaban J connectivity index is 1.35. The summed E-state index contributed by atoms with van der Waals surface area (Å²) in [5.41, 5.74) is 2.44. The topological polar surface area (TPSA) is 72.9 Å². The molecule has 0 radical (unpaired) electrons. The lowest BCUT2D eigenvalue weighted by atomic mass is 9.73. The number of benzene rings is 3. The molecule has 174 valence electrons. The molecule has 0 unspecified atom stereocenters. The molecule has 2 aliphatic heterocycles.